The molecule has 0 bridgehead atoms. The van der Waals surface area contributed by atoms with E-state index in [0.29, 0.717) is 18.3 Å². The van der Waals surface area contributed by atoms with Crippen LogP contribution in [0.1, 0.15) is 11.7 Å². The predicted octanol–water partition coefficient (Wildman–Crippen LogP) is -0.370. The number of aromatic nitrogens is 2. The average molecular weight is 211 g/mol. The lowest BCUT2D eigenvalue weighted by molar-refractivity contribution is 0.101. The van der Waals surface area contributed by atoms with Crippen LogP contribution in [0.5, 0.6) is 0 Å². The van der Waals surface area contributed by atoms with Gasteiger partial charge in [0.1, 0.15) is 0 Å². The van der Waals surface area contributed by atoms with Crippen LogP contribution >= 0.6 is 0 Å². The van der Waals surface area contributed by atoms with Crippen LogP contribution in [-0.4, -0.2) is 53.3 Å². The fourth-order valence-corrected chi connectivity index (χ4v) is 1.56. The Morgan fingerprint density at radius 3 is 2.67 bits per heavy atom. The lowest BCUT2D eigenvalue weighted by Crippen LogP contribution is -2.50. The SMILES string of the molecule is Cc1nc(CNN2CCN(C)CC2)no1. The highest BCUT2D eigenvalue weighted by atomic mass is 16.5. The maximum Gasteiger partial charge on any atom is 0.223 e. The minimum absolute atomic E-state index is 0.616. The van der Waals surface area contributed by atoms with Gasteiger partial charge >= 0.3 is 0 Å². The van der Waals surface area contributed by atoms with Crippen LogP contribution in [0.3, 0.4) is 0 Å². The van der Waals surface area contributed by atoms with Crippen LogP contribution in [0.15, 0.2) is 4.52 Å². The highest BCUT2D eigenvalue weighted by molar-refractivity contribution is 4.82. The van der Waals surface area contributed by atoms with Gasteiger partial charge in [-0.1, -0.05) is 5.16 Å². The summed E-state index contributed by atoms with van der Waals surface area (Å²) in [5.41, 5.74) is 3.29. The van der Waals surface area contributed by atoms with E-state index in [1.54, 1.807) is 6.92 Å². The molecular weight excluding hydrogens is 194 g/mol. The molecule has 1 N–H and O–H groups in total. The first-order chi connectivity index (χ1) is 7.24. The van der Waals surface area contributed by atoms with Crippen LogP contribution in [-0.2, 0) is 6.54 Å². The van der Waals surface area contributed by atoms with E-state index in [1.165, 1.54) is 0 Å². The molecule has 2 rings (SSSR count). The molecule has 0 spiro atoms. The summed E-state index contributed by atoms with van der Waals surface area (Å²) >= 11 is 0. The first-order valence-electron chi connectivity index (χ1n) is 5.20. The molecule has 1 aliphatic rings. The van der Waals surface area contributed by atoms with Crippen LogP contribution in [0, 0.1) is 6.92 Å². The first-order valence-corrected chi connectivity index (χ1v) is 5.20. The summed E-state index contributed by atoms with van der Waals surface area (Å²) in [5, 5.41) is 6.03. The van der Waals surface area contributed by atoms with Crippen molar-refractivity contribution in [3.8, 4) is 0 Å². The maximum atomic E-state index is 4.89. The van der Waals surface area contributed by atoms with Gasteiger partial charge in [0.15, 0.2) is 5.82 Å². The van der Waals surface area contributed by atoms with Crippen LogP contribution in [0.25, 0.3) is 0 Å². The molecule has 0 aliphatic carbocycles. The Bertz CT molecular complexity index is 305. The van der Waals surface area contributed by atoms with E-state index in [0.717, 1.165) is 26.2 Å². The Labute approximate surface area is 89.2 Å². The Morgan fingerprint density at radius 2 is 2.07 bits per heavy atom. The second-order valence-corrected chi connectivity index (χ2v) is 3.85. The number of piperazine rings is 1. The van der Waals surface area contributed by atoms with Crippen molar-refractivity contribution in [3.05, 3.63) is 11.7 Å². The largest absolute Gasteiger partial charge is 0.340 e. The van der Waals surface area contributed by atoms with Gasteiger partial charge in [-0.25, -0.2) is 10.4 Å². The zero-order valence-electron chi connectivity index (χ0n) is 9.23. The van der Waals surface area contributed by atoms with Gasteiger partial charge in [-0.15, -0.1) is 0 Å². The third-order valence-electron chi connectivity index (χ3n) is 2.53. The van der Waals surface area contributed by atoms with Crippen molar-refractivity contribution in [2.24, 2.45) is 0 Å². The normalized spacial score (nSPS) is 19.6. The Morgan fingerprint density at radius 1 is 1.33 bits per heavy atom. The first kappa shape index (κ1) is 10.5. The van der Waals surface area contributed by atoms with E-state index < -0.39 is 0 Å². The molecule has 84 valence electrons. The topological polar surface area (TPSA) is 57.4 Å². The molecule has 1 saturated heterocycles. The summed E-state index contributed by atoms with van der Waals surface area (Å²) in [7, 11) is 2.14. The molecule has 0 radical (unpaired) electrons. The predicted molar refractivity (Wildman–Crippen MR) is 54.9 cm³/mol. The molecule has 0 aromatic carbocycles. The summed E-state index contributed by atoms with van der Waals surface area (Å²) in [6.07, 6.45) is 0. The second-order valence-electron chi connectivity index (χ2n) is 3.85. The van der Waals surface area contributed by atoms with E-state index in [9.17, 15) is 0 Å². The number of hydrogen-bond donors (Lipinski definition) is 1. The number of nitrogens with zero attached hydrogens (tertiary/aromatic N) is 4. The Hall–Kier alpha value is -0.980. The van der Waals surface area contributed by atoms with E-state index >= 15 is 0 Å². The van der Waals surface area contributed by atoms with Gasteiger partial charge < -0.3 is 9.42 Å². The zero-order valence-corrected chi connectivity index (χ0v) is 9.23. The number of hydrogen-bond acceptors (Lipinski definition) is 6. The summed E-state index contributed by atoms with van der Waals surface area (Å²) in [6.45, 7) is 6.70. The van der Waals surface area contributed by atoms with Gasteiger partial charge in [-0.05, 0) is 7.05 Å². The fraction of sp³-hybridized carbons (Fsp3) is 0.778. The van der Waals surface area contributed by atoms with Crippen LogP contribution in [0.4, 0.5) is 0 Å². The van der Waals surface area contributed by atoms with Gasteiger partial charge in [0.25, 0.3) is 0 Å². The third kappa shape index (κ3) is 2.98. The summed E-state index contributed by atoms with van der Waals surface area (Å²) < 4.78 is 4.89. The second kappa shape index (κ2) is 4.69. The summed E-state index contributed by atoms with van der Waals surface area (Å²) in [6, 6.07) is 0. The molecule has 0 atom stereocenters. The van der Waals surface area contributed by atoms with E-state index in [4.69, 9.17) is 4.52 Å². The van der Waals surface area contributed by atoms with Gasteiger partial charge in [-0.3, -0.25) is 0 Å². The van der Waals surface area contributed by atoms with Crippen molar-refractivity contribution >= 4 is 0 Å². The number of hydrazine groups is 1. The van der Waals surface area contributed by atoms with Crippen molar-refractivity contribution < 1.29 is 4.52 Å². The highest BCUT2D eigenvalue weighted by Crippen LogP contribution is 1.98. The molecule has 0 saturated carbocycles. The zero-order chi connectivity index (χ0) is 10.7. The van der Waals surface area contributed by atoms with Crippen molar-refractivity contribution in [2.75, 3.05) is 33.2 Å². The number of likely N-dealkylation sites (N-methyl/N-ethyl adjacent to an activating group) is 1. The van der Waals surface area contributed by atoms with Gasteiger partial charge in [0.2, 0.25) is 5.89 Å². The lowest BCUT2D eigenvalue weighted by atomic mass is 10.4. The Kier molecular flexibility index (Phi) is 3.30. The maximum absolute atomic E-state index is 4.89. The van der Waals surface area contributed by atoms with E-state index in [1.807, 2.05) is 0 Å². The van der Waals surface area contributed by atoms with Crippen molar-refractivity contribution in [1.29, 1.82) is 0 Å². The standard InChI is InChI=1S/C9H17N5O/c1-8-11-9(12-15-8)7-10-14-5-3-13(2)4-6-14/h10H,3-7H2,1-2H3. The smallest absolute Gasteiger partial charge is 0.223 e. The molecule has 2 heterocycles. The van der Waals surface area contributed by atoms with Gasteiger partial charge in [0.05, 0.1) is 6.54 Å². The molecule has 1 aromatic heterocycles. The van der Waals surface area contributed by atoms with Crippen LogP contribution in [0.2, 0.25) is 0 Å². The van der Waals surface area contributed by atoms with Crippen LogP contribution < -0.4 is 5.43 Å². The minimum Gasteiger partial charge on any atom is -0.340 e. The molecule has 6 nitrogen and oxygen atoms in total. The number of aryl methyl sites for hydroxylation is 1. The number of nitrogens with one attached hydrogen (secondary N) is 1. The monoisotopic (exact) mass is 211 g/mol. The third-order valence-corrected chi connectivity index (χ3v) is 2.53. The lowest BCUT2D eigenvalue weighted by Gasteiger charge is -2.32. The molecule has 1 aromatic rings. The molecule has 1 fully saturated rings. The van der Waals surface area contributed by atoms with Gasteiger partial charge in [-0.2, -0.15) is 4.98 Å². The molecule has 6 heteroatoms. The average Bonchev–Trinajstić information content (AvgIpc) is 2.64. The Balaban J connectivity index is 1.74. The molecule has 0 unspecified atom stereocenters. The quantitative estimate of drug-likeness (QED) is 0.736. The van der Waals surface area contributed by atoms with E-state index in [2.05, 4.69) is 32.5 Å². The number of rotatable bonds is 3. The minimum atomic E-state index is 0.616. The highest BCUT2D eigenvalue weighted by Gasteiger charge is 2.13. The van der Waals surface area contributed by atoms with E-state index in [-0.39, 0.29) is 0 Å². The van der Waals surface area contributed by atoms with Crippen molar-refractivity contribution in [3.63, 3.8) is 0 Å². The van der Waals surface area contributed by atoms with Crippen molar-refractivity contribution in [2.45, 2.75) is 13.5 Å². The molecule has 1 aliphatic heterocycles. The molecule has 15 heavy (non-hydrogen) atoms. The summed E-state index contributed by atoms with van der Waals surface area (Å²) in [5.74, 6) is 1.33. The molecular formula is C9H17N5O. The molecule has 0 amide bonds. The fourth-order valence-electron chi connectivity index (χ4n) is 1.56. The van der Waals surface area contributed by atoms with Crippen molar-refractivity contribution in [1.82, 2.24) is 25.5 Å². The van der Waals surface area contributed by atoms with Gasteiger partial charge in [0, 0.05) is 33.1 Å². The summed E-state index contributed by atoms with van der Waals surface area (Å²) in [4.78, 5) is 6.45.